The summed E-state index contributed by atoms with van der Waals surface area (Å²) in [5.74, 6) is -4.87. The average molecular weight is 380 g/mol. The summed E-state index contributed by atoms with van der Waals surface area (Å²) in [7, 11) is -1.77. The molecule has 3 nitrogen and oxygen atoms in total. The predicted octanol–water partition coefficient (Wildman–Crippen LogP) is 5.67. The normalized spacial score (nSPS) is 14.5. The van der Waals surface area contributed by atoms with Gasteiger partial charge in [0.2, 0.25) is 0 Å². The van der Waals surface area contributed by atoms with Gasteiger partial charge in [-0.05, 0) is 55.4 Å². The Morgan fingerprint density at radius 2 is 1.00 bits per heavy atom. The van der Waals surface area contributed by atoms with Crippen molar-refractivity contribution in [1.82, 2.24) is 9.34 Å². The number of hydrogen-bond donors (Lipinski definition) is 0. The van der Waals surface area contributed by atoms with E-state index in [-0.39, 0.29) is 24.2 Å². The maximum absolute atomic E-state index is 13.3. The molecule has 0 saturated carbocycles. The van der Waals surface area contributed by atoms with Gasteiger partial charge >= 0.3 is 12.1 Å². The minimum absolute atomic E-state index is 0.0596. The standard InChI is InChI=1S/C15H30F5N2OP/c1-10(2)21(11(3)4)24(22(12(5)6)13(7)8)23-9-14(16,17)15(18,19)20/h10-13H,9H2,1-8H3. The average Bonchev–Trinajstić information content (AvgIpc) is 2.32. The molecular weight excluding hydrogens is 350 g/mol. The first-order chi connectivity index (χ1) is 10.6. The third-order valence-electron chi connectivity index (χ3n) is 3.29. The molecule has 0 spiro atoms. The molecule has 0 atom stereocenters. The molecule has 0 aromatic heterocycles. The van der Waals surface area contributed by atoms with Crippen molar-refractivity contribution in [3.05, 3.63) is 0 Å². The highest BCUT2D eigenvalue weighted by molar-refractivity contribution is 7.47. The van der Waals surface area contributed by atoms with Gasteiger partial charge in [0.05, 0.1) is 0 Å². The van der Waals surface area contributed by atoms with Crippen LogP contribution in [0.2, 0.25) is 0 Å². The van der Waals surface area contributed by atoms with Crippen LogP contribution in [0.4, 0.5) is 22.0 Å². The molecule has 0 unspecified atom stereocenters. The highest BCUT2D eigenvalue weighted by Crippen LogP contribution is 2.52. The van der Waals surface area contributed by atoms with Gasteiger partial charge in [0.1, 0.15) is 6.61 Å². The van der Waals surface area contributed by atoms with Crippen LogP contribution < -0.4 is 0 Å². The summed E-state index contributed by atoms with van der Waals surface area (Å²) in [5.41, 5.74) is 0. The summed E-state index contributed by atoms with van der Waals surface area (Å²) in [6.07, 6.45) is -5.62. The maximum atomic E-state index is 13.3. The maximum Gasteiger partial charge on any atom is 0.455 e. The van der Waals surface area contributed by atoms with Gasteiger partial charge in [-0.3, -0.25) is 0 Å². The second-order valence-electron chi connectivity index (χ2n) is 6.86. The van der Waals surface area contributed by atoms with Crippen molar-refractivity contribution in [2.24, 2.45) is 0 Å². The largest absolute Gasteiger partial charge is 0.455 e. The third kappa shape index (κ3) is 6.36. The van der Waals surface area contributed by atoms with Gasteiger partial charge in [0, 0.05) is 24.2 Å². The van der Waals surface area contributed by atoms with Gasteiger partial charge < -0.3 is 4.52 Å². The first-order valence-electron chi connectivity index (χ1n) is 8.07. The fourth-order valence-corrected chi connectivity index (χ4v) is 4.82. The lowest BCUT2D eigenvalue weighted by Gasteiger charge is -2.46. The molecular formula is C15H30F5N2OP. The van der Waals surface area contributed by atoms with E-state index in [4.69, 9.17) is 4.52 Å². The molecule has 0 radical (unpaired) electrons. The van der Waals surface area contributed by atoms with Gasteiger partial charge in [-0.1, -0.05) is 0 Å². The number of halogens is 5. The van der Waals surface area contributed by atoms with Gasteiger partial charge in [0.15, 0.2) is 8.45 Å². The number of alkyl halides is 5. The molecule has 0 amide bonds. The van der Waals surface area contributed by atoms with Gasteiger partial charge in [0.25, 0.3) is 0 Å². The Labute approximate surface area is 143 Å². The smallest absolute Gasteiger partial charge is 0.325 e. The van der Waals surface area contributed by atoms with Gasteiger partial charge in [-0.2, -0.15) is 22.0 Å². The lowest BCUT2D eigenvalue weighted by Crippen LogP contribution is -2.46. The van der Waals surface area contributed by atoms with Crippen molar-refractivity contribution < 1.29 is 26.5 Å². The number of rotatable bonds is 9. The predicted molar refractivity (Wildman–Crippen MR) is 88.1 cm³/mol. The van der Waals surface area contributed by atoms with Crippen LogP contribution in [-0.4, -0.2) is 52.2 Å². The topological polar surface area (TPSA) is 15.7 Å². The molecule has 0 aromatic rings. The summed E-state index contributed by atoms with van der Waals surface area (Å²) in [6, 6.07) is -0.238. The molecule has 0 rings (SSSR count). The molecule has 24 heavy (non-hydrogen) atoms. The molecule has 146 valence electrons. The number of hydrogen-bond acceptors (Lipinski definition) is 3. The van der Waals surface area contributed by atoms with E-state index in [1.807, 2.05) is 64.7 Å². The van der Waals surface area contributed by atoms with E-state index in [1.165, 1.54) is 0 Å². The molecule has 0 aliphatic heterocycles. The molecule has 0 aliphatic carbocycles. The Bertz CT molecular complexity index is 339. The van der Waals surface area contributed by atoms with Crippen molar-refractivity contribution in [3.8, 4) is 0 Å². The van der Waals surface area contributed by atoms with E-state index in [0.29, 0.717) is 0 Å². The van der Waals surface area contributed by atoms with E-state index in [9.17, 15) is 22.0 Å². The fraction of sp³-hybridized carbons (Fsp3) is 1.00. The van der Waals surface area contributed by atoms with Crippen molar-refractivity contribution in [3.63, 3.8) is 0 Å². The Morgan fingerprint density at radius 1 is 0.708 bits per heavy atom. The van der Waals surface area contributed by atoms with Crippen molar-refractivity contribution in [2.45, 2.75) is 91.7 Å². The Balaban J connectivity index is 5.63. The van der Waals surface area contributed by atoms with Crippen LogP contribution >= 0.6 is 8.45 Å². The van der Waals surface area contributed by atoms with Crippen LogP contribution in [0.1, 0.15) is 55.4 Å². The molecule has 0 fully saturated rings. The Hall–Kier alpha value is -0.0400. The second kappa shape index (κ2) is 9.06. The summed E-state index contributed by atoms with van der Waals surface area (Å²) < 4.78 is 73.1. The van der Waals surface area contributed by atoms with Crippen LogP contribution in [0.3, 0.4) is 0 Å². The minimum Gasteiger partial charge on any atom is -0.325 e. The van der Waals surface area contributed by atoms with Gasteiger partial charge in [-0.25, -0.2) is 9.34 Å². The zero-order valence-corrected chi connectivity index (χ0v) is 16.6. The van der Waals surface area contributed by atoms with Crippen LogP contribution in [0.25, 0.3) is 0 Å². The van der Waals surface area contributed by atoms with Crippen LogP contribution in [0.5, 0.6) is 0 Å². The highest BCUT2D eigenvalue weighted by Gasteiger charge is 2.58. The Morgan fingerprint density at radius 3 is 1.21 bits per heavy atom. The monoisotopic (exact) mass is 380 g/mol. The molecule has 0 saturated heterocycles. The van der Waals surface area contributed by atoms with Crippen molar-refractivity contribution in [1.29, 1.82) is 0 Å². The first kappa shape index (κ1) is 24.0. The molecule has 0 aromatic carbocycles. The summed E-state index contributed by atoms with van der Waals surface area (Å²) in [6.45, 7) is 13.3. The molecule has 0 N–H and O–H groups in total. The minimum atomic E-state index is -5.62. The third-order valence-corrected chi connectivity index (χ3v) is 6.29. The van der Waals surface area contributed by atoms with Crippen molar-refractivity contribution in [2.75, 3.05) is 6.61 Å². The Kier molecular flexibility index (Phi) is 9.04. The molecule has 0 bridgehead atoms. The summed E-state index contributed by atoms with van der Waals surface area (Å²) in [4.78, 5) is 0. The summed E-state index contributed by atoms with van der Waals surface area (Å²) >= 11 is 0. The lowest BCUT2D eigenvalue weighted by molar-refractivity contribution is -0.290. The van der Waals surface area contributed by atoms with E-state index in [2.05, 4.69) is 0 Å². The van der Waals surface area contributed by atoms with E-state index in [1.54, 1.807) is 0 Å². The van der Waals surface area contributed by atoms with E-state index < -0.39 is 27.2 Å². The quantitative estimate of drug-likeness (QED) is 0.379. The number of nitrogens with zero attached hydrogens (tertiary/aromatic N) is 2. The second-order valence-corrected chi connectivity index (χ2v) is 8.55. The zero-order chi connectivity index (χ0) is 19.5. The highest BCUT2D eigenvalue weighted by atomic mass is 31.2. The lowest BCUT2D eigenvalue weighted by atomic mass is 10.3. The van der Waals surface area contributed by atoms with Crippen LogP contribution in [0, 0.1) is 0 Å². The van der Waals surface area contributed by atoms with Gasteiger partial charge in [-0.15, -0.1) is 0 Å². The first-order valence-corrected chi connectivity index (χ1v) is 9.24. The molecule has 9 heteroatoms. The summed E-state index contributed by atoms with van der Waals surface area (Å²) in [5, 5.41) is 0. The zero-order valence-electron chi connectivity index (χ0n) is 15.7. The fourth-order valence-electron chi connectivity index (χ4n) is 2.46. The van der Waals surface area contributed by atoms with Crippen LogP contribution in [0.15, 0.2) is 0 Å². The van der Waals surface area contributed by atoms with E-state index >= 15 is 0 Å². The SMILES string of the molecule is CC(C)N(C(C)C)P(OCC(F)(F)C(F)(F)F)N(C(C)C)C(C)C. The van der Waals surface area contributed by atoms with E-state index in [0.717, 1.165) is 0 Å². The van der Waals surface area contributed by atoms with Crippen molar-refractivity contribution >= 4 is 8.45 Å². The molecule has 0 aliphatic rings. The van der Waals surface area contributed by atoms with Crippen LogP contribution in [-0.2, 0) is 4.52 Å². The molecule has 0 heterocycles.